The number of nitrogens with one attached hydrogen (secondary N) is 3. The van der Waals surface area contributed by atoms with Crippen molar-refractivity contribution >= 4 is 10.8 Å². The Hall–Kier alpha value is -0.442. The van der Waals surface area contributed by atoms with E-state index in [1.54, 1.807) is 0 Å². The Balaban J connectivity index is 0.000000807. The van der Waals surface area contributed by atoms with Gasteiger partial charge < -0.3 is 28.4 Å². The van der Waals surface area contributed by atoms with Crippen molar-refractivity contribution in [2.75, 3.05) is 26.2 Å². The third kappa shape index (κ3) is 2.91. The van der Waals surface area contributed by atoms with Crippen molar-refractivity contribution in [2.45, 2.75) is 12.1 Å². The Morgan fingerprint density at radius 2 is 1.29 bits per heavy atom. The quantitative estimate of drug-likeness (QED) is 0.437. The van der Waals surface area contributed by atoms with Crippen LogP contribution < -0.4 is 28.4 Å². The molecule has 1 saturated heterocycles. The predicted molar refractivity (Wildman–Crippen MR) is 78.3 cm³/mol. The summed E-state index contributed by atoms with van der Waals surface area (Å²) in [6.07, 6.45) is 0. The summed E-state index contributed by atoms with van der Waals surface area (Å²) in [7, 11) is 0. The molecule has 1 aliphatic carbocycles. The summed E-state index contributed by atoms with van der Waals surface area (Å²) in [5.74, 6) is 0. The minimum atomic E-state index is 0. The first-order valence-corrected chi connectivity index (χ1v) is 7.14. The Bertz CT molecular complexity index is 571. The van der Waals surface area contributed by atoms with Gasteiger partial charge in [-0.3, -0.25) is 0 Å². The summed E-state index contributed by atoms with van der Waals surface area (Å²) < 4.78 is 0. The second-order valence-electron chi connectivity index (χ2n) is 5.41. The molecule has 0 amide bonds. The first kappa shape index (κ1) is 16.9. The van der Waals surface area contributed by atoms with E-state index in [2.05, 4.69) is 52.3 Å². The number of halogens is 1. The topological polar surface area (TPSA) is 36.1 Å². The molecule has 4 rings (SSSR count). The first-order valence-electron chi connectivity index (χ1n) is 7.14. The summed E-state index contributed by atoms with van der Waals surface area (Å²) in [4.78, 5) is 0. The van der Waals surface area contributed by atoms with Crippen molar-refractivity contribution in [1.29, 1.82) is 0 Å². The predicted octanol–water partition coefficient (Wildman–Crippen LogP) is -1.28. The Kier molecular flexibility index (Phi) is 5.81. The third-order valence-electron chi connectivity index (χ3n) is 4.30. The maximum absolute atomic E-state index is 3.71. The number of hydrogen-bond acceptors (Lipinski definition) is 3. The largest absolute Gasteiger partial charge is 2.00 e. The van der Waals surface area contributed by atoms with Crippen LogP contribution in [0.15, 0.2) is 36.4 Å². The summed E-state index contributed by atoms with van der Waals surface area (Å²) in [6, 6.07) is 14.1. The molecule has 0 saturated carbocycles. The minimum absolute atomic E-state index is 0. The van der Waals surface area contributed by atoms with Gasteiger partial charge in [0.2, 0.25) is 0 Å². The van der Waals surface area contributed by atoms with E-state index in [1.807, 2.05) is 0 Å². The van der Waals surface area contributed by atoms with Gasteiger partial charge in [-0.1, -0.05) is 36.4 Å². The van der Waals surface area contributed by atoms with Crippen LogP contribution in [0.5, 0.6) is 0 Å². The van der Waals surface area contributed by atoms with E-state index in [1.165, 1.54) is 21.9 Å². The fourth-order valence-electron chi connectivity index (χ4n) is 3.49. The molecule has 1 heterocycles. The molecule has 0 spiro atoms. The summed E-state index contributed by atoms with van der Waals surface area (Å²) in [6.45, 7) is 4.12. The monoisotopic (exact) mass is 483 g/mol. The zero-order valence-corrected chi connectivity index (χ0v) is 14.7. The smallest absolute Gasteiger partial charge is 1.00 e. The van der Waals surface area contributed by atoms with E-state index in [0.29, 0.717) is 12.1 Å². The van der Waals surface area contributed by atoms with Crippen LogP contribution in [0.1, 0.15) is 23.2 Å². The van der Waals surface area contributed by atoms with Gasteiger partial charge >= 0.3 is 21.1 Å². The molecule has 0 radical (unpaired) electrons. The first-order chi connectivity index (χ1) is 9.45. The average molecular weight is 484 g/mol. The maximum atomic E-state index is 3.71. The van der Waals surface area contributed by atoms with Crippen molar-refractivity contribution in [2.24, 2.45) is 0 Å². The molecule has 0 bridgehead atoms. The number of fused-ring (bicyclic) bond motifs is 3. The molecule has 3 N–H and O–H groups in total. The van der Waals surface area contributed by atoms with Crippen molar-refractivity contribution < 1.29 is 33.5 Å². The van der Waals surface area contributed by atoms with Crippen molar-refractivity contribution in [1.82, 2.24) is 16.0 Å². The fraction of sp³-hybridized carbons (Fsp3) is 0.375. The van der Waals surface area contributed by atoms with Crippen molar-refractivity contribution in [3.05, 3.63) is 47.5 Å². The van der Waals surface area contributed by atoms with Gasteiger partial charge in [0, 0.05) is 26.2 Å². The summed E-state index contributed by atoms with van der Waals surface area (Å²) in [5, 5.41) is 13.7. The normalized spacial score (nSPS) is 24.0. The van der Waals surface area contributed by atoms with Crippen molar-refractivity contribution in [3.63, 3.8) is 0 Å². The molecule has 1 fully saturated rings. The van der Waals surface area contributed by atoms with Gasteiger partial charge in [-0.05, 0) is 21.9 Å². The molecule has 2 aliphatic rings. The van der Waals surface area contributed by atoms with Crippen LogP contribution in [0.4, 0.5) is 0 Å². The molecule has 2 aromatic rings. The number of benzene rings is 2. The van der Waals surface area contributed by atoms with Gasteiger partial charge in [-0.2, -0.15) is 0 Å². The van der Waals surface area contributed by atoms with Crippen LogP contribution in [0, 0.1) is 0 Å². The molecule has 0 aromatic heterocycles. The molecule has 2 aromatic carbocycles. The average Bonchev–Trinajstić information content (AvgIpc) is 2.80. The van der Waals surface area contributed by atoms with Gasteiger partial charge in [0.25, 0.3) is 0 Å². The van der Waals surface area contributed by atoms with Crippen LogP contribution in [0.3, 0.4) is 0 Å². The van der Waals surface area contributed by atoms with E-state index in [4.69, 9.17) is 0 Å². The fourth-order valence-corrected chi connectivity index (χ4v) is 3.49. The molecule has 2 unspecified atom stereocenters. The van der Waals surface area contributed by atoms with E-state index >= 15 is 0 Å². The van der Waals surface area contributed by atoms with E-state index in [0.717, 1.165) is 26.2 Å². The molecule has 2 atom stereocenters. The van der Waals surface area contributed by atoms with E-state index in [-0.39, 0.29) is 33.5 Å². The van der Waals surface area contributed by atoms with Gasteiger partial charge in [-0.15, -0.1) is 0 Å². The molecule has 114 valence electrons. The van der Waals surface area contributed by atoms with Crippen LogP contribution in [-0.2, 0) is 21.1 Å². The zero-order valence-electron chi connectivity index (χ0n) is 11.6. The summed E-state index contributed by atoms with van der Waals surface area (Å²) >= 11 is 0. The molecular weight excluding hydrogens is 465 g/mol. The standard InChI is InChI=1S/C16H19N3.ClH.Pt/c1-3-11-4-2-6-13-14(11)12(5-1)15-16(13)19-10-8-17-7-9-18-15;;/h1-6,15-19H,7-10H2;1H;/q;;+2/p-1. The Morgan fingerprint density at radius 3 is 1.81 bits per heavy atom. The van der Waals surface area contributed by atoms with Crippen LogP contribution in [0.25, 0.3) is 10.8 Å². The van der Waals surface area contributed by atoms with Crippen molar-refractivity contribution in [3.8, 4) is 0 Å². The van der Waals surface area contributed by atoms with E-state index < -0.39 is 0 Å². The number of rotatable bonds is 0. The zero-order chi connectivity index (χ0) is 12.7. The van der Waals surface area contributed by atoms with E-state index in [9.17, 15) is 0 Å². The Labute approximate surface area is 145 Å². The van der Waals surface area contributed by atoms with Gasteiger partial charge in [0.05, 0.1) is 12.1 Å². The Morgan fingerprint density at radius 1 is 0.762 bits per heavy atom. The molecule has 5 heteroatoms. The van der Waals surface area contributed by atoms with Crippen LogP contribution >= 0.6 is 0 Å². The third-order valence-corrected chi connectivity index (χ3v) is 4.30. The van der Waals surface area contributed by atoms with Crippen LogP contribution in [-0.4, -0.2) is 26.2 Å². The maximum Gasteiger partial charge on any atom is 2.00 e. The molecule has 21 heavy (non-hydrogen) atoms. The second kappa shape index (κ2) is 7.21. The van der Waals surface area contributed by atoms with Crippen LogP contribution in [0.2, 0.25) is 0 Å². The second-order valence-corrected chi connectivity index (χ2v) is 5.41. The minimum Gasteiger partial charge on any atom is -1.00 e. The molecule has 1 aliphatic heterocycles. The summed E-state index contributed by atoms with van der Waals surface area (Å²) in [5.41, 5.74) is 2.90. The van der Waals surface area contributed by atoms with Gasteiger partial charge in [0.15, 0.2) is 0 Å². The van der Waals surface area contributed by atoms with Gasteiger partial charge in [0.1, 0.15) is 0 Å². The van der Waals surface area contributed by atoms with Gasteiger partial charge in [-0.25, -0.2) is 0 Å². The molecule has 3 nitrogen and oxygen atoms in total. The SMILES string of the molecule is [Cl-].[Pt+2].c1cc2c3c(cccc3c1)C1NCCNCCNC21. The number of hydrogen-bond donors (Lipinski definition) is 3. The molecular formula is C16H19ClN3Pt+.